The number of hydrogen-bond donors (Lipinski definition) is 0. The molecule has 3 aromatic rings. The van der Waals surface area contributed by atoms with Gasteiger partial charge in [0.25, 0.3) is 0 Å². The zero-order valence-electron chi connectivity index (χ0n) is 14.1. The van der Waals surface area contributed by atoms with Crippen molar-refractivity contribution < 1.29 is 14.2 Å². The molecular formula is C21H22O3S. The molecule has 0 atom stereocenters. The first-order valence-corrected chi connectivity index (χ1v) is 9.40. The number of para-hydroxylation sites is 3. The summed E-state index contributed by atoms with van der Waals surface area (Å²) in [6.45, 7) is 2.21. The van der Waals surface area contributed by atoms with Crippen molar-refractivity contribution in [1.29, 1.82) is 0 Å². The summed E-state index contributed by atoms with van der Waals surface area (Å²) in [5.74, 6) is 2.79. The first-order chi connectivity index (χ1) is 12.4. The molecule has 130 valence electrons. The van der Waals surface area contributed by atoms with E-state index in [4.69, 9.17) is 14.2 Å². The van der Waals surface area contributed by atoms with E-state index in [9.17, 15) is 0 Å². The van der Waals surface area contributed by atoms with Crippen molar-refractivity contribution in [3.05, 3.63) is 77.0 Å². The number of benzene rings is 2. The maximum Gasteiger partial charge on any atom is 0.161 e. The molecule has 5 rings (SSSR count). The third-order valence-corrected chi connectivity index (χ3v) is 4.32. The average molecular weight is 354 g/mol. The van der Waals surface area contributed by atoms with E-state index in [0.29, 0.717) is 13.2 Å². The van der Waals surface area contributed by atoms with Crippen LogP contribution < -0.4 is 14.2 Å². The molecule has 0 unspecified atom stereocenters. The topological polar surface area (TPSA) is 27.7 Å². The van der Waals surface area contributed by atoms with E-state index >= 15 is 0 Å². The molecule has 0 N–H and O–H groups in total. The lowest BCUT2D eigenvalue weighted by atomic mass is 10.1. The highest BCUT2D eigenvalue weighted by molar-refractivity contribution is 7.07. The predicted molar refractivity (Wildman–Crippen MR) is 102 cm³/mol. The van der Waals surface area contributed by atoms with Crippen LogP contribution in [0.1, 0.15) is 12.0 Å². The predicted octanol–water partition coefficient (Wildman–Crippen LogP) is 5.22. The first kappa shape index (κ1) is 17.4. The van der Waals surface area contributed by atoms with Gasteiger partial charge < -0.3 is 14.2 Å². The number of ether oxygens (including phenoxy) is 3. The number of aryl methyl sites for hydroxylation is 1. The fourth-order valence-electron chi connectivity index (χ4n) is 2.51. The second kappa shape index (κ2) is 9.74. The Bertz CT molecular complexity index is 622. The van der Waals surface area contributed by atoms with Crippen LogP contribution in [0.2, 0.25) is 0 Å². The summed E-state index contributed by atoms with van der Waals surface area (Å²) in [5, 5.41) is 4.08. The number of thiophene rings is 1. The molecule has 3 nitrogen and oxygen atoms in total. The third kappa shape index (κ3) is 5.54. The van der Waals surface area contributed by atoms with Crippen molar-refractivity contribution in [1.82, 2.24) is 0 Å². The molecule has 4 heteroatoms. The van der Waals surface area contributed by atoms with Gasteiger partial charge in [0, 0.05) is 0 Å². The van der Waals surface area contributed by atoms with Gasteiger partial charge in [-0.3, -0.25) is 0 Å². The second-order valence-corrected chi connectivity index (χ2v) is 6.31. The third-order valence-electron chi connectivity index (χ3n) is 3.69. The molecule has 2 aliphatic heterocycles. The van der Waals surface area contributed by atoms with E-state index in [2.05, 4.69) is 12.1 Å². The van der Waals surface area contributed by atoms with Gasteiger partial charge in [0.15, 0.2) is 11.5 Å². The van der Waals surface area contributed by atoms with Crippen LogP contribution in [0.25, 0.3) is 0 Å². The maximum atomic E-state index is 5.42. The summed E-state index contributed by atoms with van der Waals surface area (Å²) in [6.07, 6.45) is 2.34. The normalized spacial score (nSPS) is 13.8. The van der Waals surface area contributed by atoms with E-state index in [0.717, 1.165) is 30.3 Å². The SMILES string of the molecule is c1ccc2c(c1)CCCO2.c1ccc2c(c1)OCCO2.c1ccsc1. The van der Waals surface area contributed by atoms with Gasteiger partial charge >= 0.3 is 0 Å². The van der Waals surface area contributed by atoms with Crippen LogP contribution in [0.5, 0.6) is 17.2 Å². The standard InChI is InChI=1S/C9H10O.C8H8O2.C4H4S/c1-2-6-9-8(4-1)5-3-7-10-9;1-2-4-8-7(3-1)9-5-6-10-8;1-2-4-5-3-1/h1-2,4,6H,3,5,7H2;1-4H,5-6H2;1-4H. The van der Waals surface area contributed by atoms with Crippen LogP contribution in [0.4, 0.5) is 0 Å². The number of rotatable bonds is 0. The van der Waals surface area contributed by atoms with E-state index in [1.54, 1.807) is 11.3 Å². The summed E-state index contributed by atoms with van der Waals surface area (Å²) in [6, 6.07) is 20.0. The van der Waals surface area contributed by atoms with Crippen molar-refractivity contribution in [2.45, 2.75) is 12.8 Å². The molecule has 2 aromatic carbocycles. The number of hydrogen-bond acceptors (Lipinski definition) is 4. The molecule has 0 fully saturated rings. The summed E-state index contributed by atoms with van der Waals surface area (Å²) >= 11 is 1.71. The van der Waals surface area contributed by atoms with E-state index < -0.39 is 0 Å². The molecule has 1 aromatic heterocycles. The van der Waals surface area contributed by atoms with Gasteiger partial charge in [0.1, 0.15) is 19.0 Å². The molecule has 2 aliphatic rings. The van der Waals surface area contributed by atoms with E-state index in [-0.39, 0.29) is 0 Å². The highest BCUT2D eigenvalue weighted by Crippen LogP contribution is 2.28. The lowest BCUT2D eigenvalue weighted by molar-refractivity contribution is 0.171. The fourth-order valence-corrected chi connectivity index (χ4v) is 2.97. The van der Waals surface area contributed by atoms with Gasteiger partial charge in [-0.2, -0.15) is 11.3 Å². The van der Waals surface area contributed by atoms with Gasteiger partial charge in [0.2, 0.25) is 0 Å². The zero-order valence-corrected chi connectivity index (χ0v) is 14.9. The van der Waals surface area contributed by atoms with Gasteiger partial charge in [-0.05, 0) is 47.4 Å². The van der Waals surface area contributed by atoms with Crippen LogP contribution in [-0.2, 0) is 6.42 Å². The molecule has 0 radical (unpaired) electrons. The van der Waals surface area contributed by atoms with Crippen molar-refractivity contribution in [2.75, 3.05) is 19.8 Å². The molecule has 25 heavy (non-hydrogen) atoms. The van der Waals surface area contributed by atoms with Gasteiger partial charge in [-0.15, -0.1) is 0 Å². The molecule has 0 saturated heterocycles. The quantitative estimate of drug-likeness (QED) is 0.554. The van der Waals surface area contributed by atoms with Crippen LogP contribution in [-0.4, -0.2) is 19.8 Å². The summed E-state index contributed by atoms with van der Waals surface area (Å²) in [4.78, 5) is 0. The van der Waals surface area contributed by atoms with Gasteiger partial charge in [-0.1, -0.05) is 42.5 Å². The second-order valence-electron chi connectivity index (χ2n) is 5.50. The first-order valence-electron chi connectivity index (χ1n) is 8.46. The molecule has 0 aliphatic carbocycles. The minimum absolute atomic E-state index is 0.664. The van der Waals surface area contributed by atoms with Crippen LogP contribution in [0.15, 0.2) is 71.4 Å². The number of fused-ring (bicyclic) bond motifs is 2. The lowest BCUT2D eigenvalue weighted by Gasteiger charge is -2.17. The van der Waals surface area contributed by atoms with Crippen molar-refractivity contribution >= 4 is 11.3 Å². The Labute approximate surface area is 152 Å². The monoisotopic (exact) mass is 354 g/mol. The Morgan fingerprint density at radius 1 is 0.600 bits per heavy atom. The van der Waals surface area contributed by atoms with Crippen LogP contribution in [0.3, 0.4) is 0 Å². The molecular weight excluding hydrogens is 332 g/mol. The van der Waals surface area contributed by atoms with Crippen molar-refractivity contribution in [3.8, 4) is 17.2 Å². The molecule has 0 amide bonds. The van der Waals surface area contributed by atoms with Crippen molar-refractivity contribution in [3.63, 3.8) is 0 Å². The molecule has 0 saturated carbocycles. The minimum atomic E-state index is 0.664. The summed E-state index contributed by atoms with van der Waals surface area (Å²) in [7, 11) is 0. The summed E-state index contributed by atoms with van der Waals surface area (Å²) in [5.41, 5.74) is 1.36. The Morgan fingerprint density at radius 2 is 1.16 bits per heavy atom. The van der Waals surface area contributed by atoms with E-state index in [1.165, 1.54) is 12.0 Å². The molecule has 0 bridgehead atoms. The Kier molecular flexibility index (Phi) is 6.77. The Morgan fingerprint density at radius 3 is 1.72 bits per heavy atom. The van der Waals surface area contributed by atoms with E-state index in [1.807, 2.05) is 59.3 Å². The summed E-state index contributed by atoms with van der Waals surface area (Å²) < 4.78 is 16.0. The minimum Gasteiger partial charge on any atom is -0.493 e. The van der Waals surface area contributed by atoms with Crippen molar-refractivity contribution in [2.24, 2.45) is 0 Å². The lowest BCUT2D eigenvalue weighted by Crippen LogP contribution is -2.14. The Balaban J connectivity index is 0.000000116. The highest BCUT2D eigenvalue weighted by Gasteiger charge is 2.08. The zero-order chi connectivity index (χ0) is 17.2. The van der Waals surface area contributed by atoms with Crippen LogP contribution in [0, 0.1) is 0 Å². The fraction of sp³-hybridized carbons (Fsp3) is 0.238. The van der Waals surface area contributed by atoms with Gasteiger partial charge in [-0.25, -0.2) is 0 Å². The van der Waals surface area contributed by atoms with Crippen LogP contribution >= 0.6 is 11.3 Å². The Hall–Kier alpha value is -2.46. The maximum absolute atomic E-state index is 5.42. The largest absolute Gasteiger partial charge is 0.493 e. The van der Waals surface area contributed by atoms with Gasteiger partial charge in [0.05, 0.1) is 6.61 Å². The molecule has 3 heterocycles. The highest BCUT2D eigenvalue weighted by atomic mass is 32.1. The average Bonchev–Trinajstić information content (AvgIpc) is 3.29. The smallest absolute Gasteiger partial charge is 0.161 e. The molecule has 0 spiro atoms.